The van der Waals surface area contributed by atoms with Crippen molar-refractivity contribution in [2.45, 2.75) is 25.3 Å². The molecule has 0 aliphatic carbocycles. The lowest BCUT2D eigenvalue weighted by Gasteiger charge is -2.39. The first-order valence-electron chi connectivity index (χ1n) is 11.4. The molecule has 8 heteroatoms. The largest absolute Gasteiger partial charge is 0.374 e. The molecular weight excluding hydrogens is 495 g/mol. The van der Waals surface area contributed by atoms with Gasteiger partial charge in [0.25, 0.3) is 5.91 Å². The monoisotopic (exact) mass is 520 g/mol. The number of hydrogen-bond donors (Lipinski definition) is 0. The molecular formula is C28H26Cl2N4O2. The highest BCUT2D eigenvalue weighted by Crippen LogP contribution is 2.42. The standard InChI is InChI=1S/C28H26Cl2N4O2/c1-18-5-11-23(12-6-18)32(3)17-25(20-9-7-19(16-31)8-10-20)28(2)26(35)34(27(36)33(28)4)24-14-21(29)13-22(30)15-24/h5-15,25H,17H2,1-4H3/t25-,28+/m0/s1. The van der Waals surface area contributed by atoms with Crippen LogP contribution in [-0.2, 0) is 4.79 Å². The van der Waals surface area contributed by atoms with Crippen molar-refractivity contribution in [3.63, 3.8) is 0 Å². The Balaban J connectivity index is 1.80. The minimum atomic E-state index is -1.22. The van der Waals surface area contributed by atoms with Gasteiger partial charge in [0.1, 0.15) is 5.54 Å². The molecule has 2 atom stereocenters. The van der Waals surface area contributed by atoms with Crippen LogP contribution in [0.4, 0.5) is 16.2 Å². The Morgan fingerprint density at radius 3 is 2.14 bits per heavy atom. The van der Waals surface area contributed by atoms with Crippen molar-refractivity contribution in [2.24, 2.45) is 0 Å². The molecule has 0 spiro atoms. The van der Waals surface area contributed by atoms with Crippen molar-refractivity contribution < 1.29 is 9.59 Å². The van der Waals surface area contributed by atoms with E-state index in [2.05, 4.69) is 11.0 Å². The number of nitriles is 1. The van der Waals surface area contributed by atoms with Crippen molar-refractivity contribution in [3.8, 4) is 6.07 Å². The van der Waals surface area contributed by atoms with Crippen molar-refractivity contribution in [2.75, 3.05) is 30.4 Å². The Morgan fingerprint density at radius 2 is 1.58 bits per heavy atom. The molecule has 0 saturated carbocycles. The van der Waals surface area contributed by atoms with Gasteiger partial charge in [-0.15, -0.1) is 0 Å². The zero-order valence-electron chi connectivity index (χ0n) is 20.5. The molecule has 4 rings (SSSR count). The number of urea groups is 1. The second kappa shape index (κ2) is 9.85. The Kier molecular flexibility index (Phi) is 6.99. The molecule has 0 unspecified atom stereocenters. The van der Waals surface area contributed by atoms with Gasteiger partial charge in [0, 0.05) is 42.3 Å². The number of aryl methyl sites for hydroxylation is 1. The van der Waals surface area contributed by atoms with E-state index in [0.717, 1.165) is 21.7 Å². The van der Waals surface area contributed by atoms with Crippen LogP contribution >= 0.6 is 23.2 Å². The molecule has 0 N–H and O–H groups in total. The zero-order chi connectivity index (χ0) is 26.2. The number of halogens is 2. The summed E-state index contributed by atoms with van der Waals surface area (Å²) in [5, 5.41) is 9.94. The summed E-state index contributed by atoms with van der Waals surface area (Å²) in [5.74, 6) is -0.794. The predicted molar refractivity (Wildman–Crippen MR) is 144 cm³/mol. The van der Waals surface area contributed by atoms with E-state index in [0.29, 0.717) is 27.8 Å². The molecule has 0 radical (unpaired) electrons. The Hall–Kier alpha value is -3.53. The van der Waals surface area contributed by atoms with Crippen molar-refractivity contribution in [1.29, 1.82) is 5.26 Å². The Labute approximate surface area is 221 Å². The molecule has 0 bridgehead atoms. The Morgan fingerprint density at radius 1 is 1.00 bits per heavy atom. The van der Waals surface area contributed by atoms with Crippen LogP contribution in [0.1, 0.15) is 29.5 Å². The average Bonchev–Trinajstić information content (AvgIpc) is 3.02. The van der Waals surface area contributed by atoms with E-state index < -0.39 is 17.5 Å². The fraction of sp³-hybridized carbons (Fsp3) is 0.250. The number of anilines is 2. The van der Waals surface area contributed by atoms with Crippen LogP contribution in [0.25, 0.3) is 0 Å². The number of rotatable bonds is 6. The summed E-state index contributed by atoms with van der Waals surface area (Å²) in [7, 11) is 3.59. The third-order valence-electron chi connectivity index (χ3n) is 6.97. The first kappa shape index (κ1) is 25.6. The third-order valence-corrected chi connectivity index (χ3v) is 7.40. The van der Waals surface area contributed by atoms with Gasteiger partial charge in [-0.2, -0.15) is 5.26 Å². The van der Waals surface area contributed by atoms with Gasteiger partial charge in [-0.05, 0) is 61.9 Å². The number of nitrogens with zero attached hydrogens (tertiary/aromatic N) is 4. The van der Waals surface area contributed by atoms with Crippen LogP contribution in [-0.4, -0.2) is 43.0 Å². The van der Waals surface area contributed by atoms with Crippen molar-refractivity contribution in [3.05, 3.63) is 93.5 Å². The fourth-order valence-electron chi connectivity index (χ4n) is 4.66. The van der Waals surface area contributed by atoms with Gasteiger partial charge in [0.05, 0.1) is 17.3 Å². The molecule has 1 heterocycles. The first-order chi connectivity index (χ1) is 17.1. The number of amides is 3. The summed E-state index contributed by atoms with van der Waals surface area (Å²) < 4.78 is 0. The smallest absolute Gasteiger partial charge is 0.332 e. The highest BCUT2D eigenvalue weighted by atomic mass is 35.5. The van der Waals surface area contributed by atoms with Crippen molar-refractivity contribution >= 4 is 46.5 Å². The van der Waals surface area contributed by atoms with Gasteiger partial charge in [0.2, 0.25) is 0 Å². The maximum atomic E-state index is 14.1. The molecule has 3 aromatic carbocycles. The molecule has 1 fully saturated rings. The maximum absolute atomic E-state index is 14.1. The van der Waals surface area contributed by atoms with E-state index >= 15 is 0 Å². The van der Waals surface area contributed by atoms with E-state index in [1.54, 1.807) is 44.3 Å². The van der Waals surface area contributed by atoms with Gasteiger partial charge >= 0.3 is 6.03 Å². The van der Waals surface area contributed by atoms with Gasteiger partial charge in [0.15, 0.2) is 0 Å². The predicted octanol–water partition coefficient (Wildman–Crippen LogP) is 6.25. The topological polar surface area (TPSA) is 67.6 Å². The summed E-state index contributed by atoms with van der Waals surface area (Å²) in [5.41, 5.74) is 2.60. The van der Waals surface area contributed by atoms with Gasteiger partial charge in [-0.25, -0.2) is 9.69 Å². The summed E-state index contributed by atoms with van der Waals surface area (Å²) in [6.45, 7) is 4.25. The lowest BCUT2D eigenvalue weighted by molar-refractivity contribution is -0.124. The van der Waals surface area contributed by atoms with Crippen LogP contribution < -0.4 is 9.80 Å². The molecule has 36 heavy (non-hydrogen) atoms. The molecule has 1 aliphatic heterocycles. The van der Waals surface area contributed by atoms with Gasteiger partial charge in [-0.3, -0.25) is 4.79 Å². The zero-order valence-corrected chi connectivity index (χ0v) is 22.0. The number of benzene rings is 3. The molecule has 3 amide bonds. The van der Waals surface area contributed by atoms with E-state index in [4.69, 9.17) is 23.2 Å². The quantitative estimate of drug-likeness (QED) is 0.360. The molecule has 1 aliphatic rings. The number of imide groups is 1. The maximum Gasteiger partial charge on any atom is 0.332 e. The Bertz CT molecular complexity index is 1330. The normalized spacial score (nSPS) is 18.4. The summed E-state index contributed by atoms with van der Waals surface area (Å²) in [4.78, 5) is 32.2. The molecule has 3 aromatic rings. The van der Waals surface area contributed by atoms with Gasteiger partial charge in [-0.1, -0.05) is 53.0 Å². The van der Waals surface area contributed by atoms with Crippen LogP contribution in [0.5, 0.6) is 0 Å². The number of likely N-dealkylation sites (N-methyl/N-ethyl adjacent to an activating group) is 2. The fourth-order valence-corrected chi connectivity index (χ4v) is 5.17. The van der Waals surface area contributed by atoms with E-state index in [1.807, 2.05) is 50.4 Å². The number of carbonyl (C=O) groups is 2. The highest BCUT2D eigenvalue weighted by molar-refractivity contribution is 6.35. The molecule has 1 saturated heterocycles. The third kappa shape index (κ3) is 4.53. The summed E-state index contributed by atoms with van der Waals surface area (Å²) in [6, 6.07) is 21.6. The molecule has 0 aromatic heterocycles. The lowest BCUT2D eigenvalue weighted by Crippen LogP contribution is -2.53. The van der Waals surface area contributed by atoms with Gasteiger partial charge < -0.3 is 9.80 Å². The first-order valence-corrected chi connectivity index (χ1v) is 12.2. The average molecular weight is 521 g/mol. The van der Waals surface area contributed by atoms with Crippen LogP contribution in [0, 0.1) is 18.3 Å². The summed E-state index contributed by atoms with van der Waals surface area (Å²) in [6.07, 6.45) is 0. The lowest BCUT2D eigenvalue weighted by atomic mass is 9.78. The van der Waals surface area contributed by atoms with Crippen molar-refractivity contribution in [1.82, 2.24) is 4.90 Å². The summed E-state index contributed by atoms with van der Waals surface area (Å²) >= 11 is 12.4. The second-order valence-electron chi connectivity index (χ2n) is 9.26. The van der Waals surface area contributed by atoms with E-state index in [1.165, 1.54) is 4.90 Å². The van der Waals surface area contributed by atoms with Crippen LogP contribution in [0.2, 0.25) is 10.0 Å². The minimum Gasteiger partial charge on any atom is -0.374 e. The number of carbonyl (C=O) groups excluding carboxylic acids is 2. The minimum absolute atomic E-state index is 0.323. The SMILES string of the molecule is Cc1ccc(N(C)C[C@@H](c2ccc(C#N)cc2)[C@]2(C)C(=O)N(c3cc(Cl)cc(Cl)c3)C(=O)N2C)cc1. The molecule has 6 nitrogen and oxygen atoms in total. The van der Waals surface area contributed by atoms with Crippen LogP contribution in [0.15, 0.2) is 66.7 Å². The van der Waals surface area contributed by atoms with E-state index in [-0.39, 0.29) is 5.91 Å². The molecule has 184 valence electrons. The van der Waals surface area contributed by atoms with E-state index in [9.17, 15) is 14.9 Å². The highest BCUT2D eigenvalue weighted by Gasteiger charge is 2.57. The second-order valence-corrected chi connectivity index (χ2v) is 10.1. The number of hydrogen-bond acceptors (Lipinski definition) is 4. The van der Waals surface area contributed by atoms with Crippen LogP contribution in [0.3, 0.4) is 0 Å².